The molecule has 1 aromatic carbocycles. The van der Waals surface area contributed by atoms with Crippen LogP contribution in [0.1, 0.15) is 19.1 Å². The van der Waals surface area contributed by atoms with Crippen molar-refractivity contribution in [3.8, 4) is 0 Å². The molecular weight excluding hydrogens is 503 g/mol. The van der Waals surface area contributed by atoms with Gasteiger partial charge >= 0.3 is 0 Å². The number of aromatic nitrogens is 4. The molecule has 0 saturated carbocycles. The van der Waals surface area contributed by atoms with Gasteiger partial charge in [0.25, 0.3) is 0 Å². The summed E-state index contributed by atoms with van der Waals surface area (Å²) in [5.74, 6) is 0.518. The average molecular weight is 527 g/mol. The molecule has 2 aliphatic rings. The van der Waals surface area contributed by atoms with E-state index >= 15 is 0 Å². The Morgan fingerprint density at radius 3 is 2.65 bits per heavy atom. The minimum Gasteiger partial charge on any atom is -0.387 e. The topological polar surface area (TPSA) is 129 Å². The van der Waals surface area contributed by atoms with Crippen molar-refractivity contribution in [1.29, 1.82) is 0 Å². The number of nitrogens with zero attached hydrogens (tertiary/aromatic N) is 5. The highest BCUT2D eigenvalue weighted by Crippen LogP contribution is 2.39. The lowest BCUT2D eigenvalue weighted by Crippen LogP contribution is -2.41. The Labute approximate surface area is 209 Å². The van der Waals surface area contributed by atoms with E-state index in [2.05, 4.69) is 37.5 Å². The lowest BCUT2D eigenvalue weighted by Gasteiger charge is -2.32. The summed E-state index contributed by atoms with van der Waals surface area (Å²) in [6.07, 6.45) is -0.443. The molecule has 1 unspecified atom stereocenters. The highest BCUT2D eigenvalue weighted by molar-refractivity contribution is 8.00. The van der Waals surface area contributed by atoms with Crippen LogP contribution >= 0.6 is 35.0 Å². The van der Waals surface area contributed by atoms with Crippen LogP contribution in [-0.2, 0) is 4.74 Å². The molecule has 2 fully saturated rings. The van der Waals surface area contributed by atoms with Gasteiger partial charge in [-0.05, 0) is 25.0 Å². The van der Waals surface area contributed by atoms with Gasteiger partial charge in [-0.1, -0.05) is 41.4 Å². The molecule has 2 aliphatic heterocycles. The number of anilines is 1. The zero-order valence-corrected chi connectivity index (χ0v) is 20.2. The number of rotatable bonds is 6. The first-order chi connectivity index (χ1) is 16.3. The number of fused-ring (bicyclic) bond motifs is 1. The van der Waals surface area contributed by atoms with E-state index in [4.69, 9.17) is 27.9 Å². The van der Waals surface area contributed by atoms with E-state index in [9.17, 15) is 15.3 Å². The fraction of sp³-hybridized carbons (Fsp3) is 0.476. The van der Waals surface area contributed by atoms with E-state index in [1.54, 1.807) is 0 Å². The van der Waals surface area contributed by atoms with Crippen LogP contribution in [0.25, 0.3) is 11.2 Å². The molecule has 5 rings (SSSR count). The number of alkyl halides is 2. The molecule has 182 valence electrons. The number of halogens is 2. The summed E-state index contributed by atoms with van der Waals surface area (Å²) in [6.45, 7) is 1.69. The molecule has 3 aromatic rings. The third-order valence-corrected chi connectivity index (χ3v) is 7.59. The van der Waals surface area contributed by atoms with Crippen LogP contribution in [0.3, 0.4) is 0 Å². The Bertz CT molecular complexity index is 1130. The van der Waals surface area contributed by atoms with E-state index in [-0.39, 0.29) is 0 Å². The van der Waals surface area contributed by atoms with Crippen molar-refractivity contribution in [2.45, 2.75) is 52.0 Å². The number of benzene rings is 1. The summed E-state index contributed by atoms with van der Waals surface area (Å²) in [4.78, 5) is 14.3. The predicted octanol–water partition coefficient (Wildman–Crippen LogP) is 2.15. The maximum absolute atomic E-state index is 10.5. The number of piperidine rings is 1. The van der Waals surface area contributed by atoms with Gasteiger partial charge in [-0.15, -0.1) is 11.8 Å². The second kappa shape index (κ2) is 9.75. The molecular formula is C21H24Cl2N6O4S. The van der Waals surface area contributed by atoms with E-state index < -0.39 is 29.1 Å². The van der Waals surface area contributed by atoms with E-state index in [1.165, 1.54) is 22.1 Å². The summed E-state index contributed by atoms with van der Waals surface area (Å²) in [6, 6.07) is 10.3. The van der Waals surface area contributed by atoms with Crippen LogP contribution < -0.4 is 5.43 Å². The number of hydrazine groups is 1. The van der Waals surface area contributed by atoms with Crippen molar-refractivity contribution in [3.05, 3.63) is 43.0 Å². The van der Waals surface area contributed by atoms with Crippen molar-refractivity contribution in [2.75, 3.05) is 18.5 Å². The Balaban J connectivity index is 1.33. The molecule has 0 spiro atoms. The van der Waals surface area contributed by atoms with Gasteiger partial charge in [0.15, 0.2) is 23.2 Å². The monoisotopic (exact) mass is 526 g/mol. The van der Waals surface area contributed by atoms with Crippen molar-refractivity contribution in [1.82, 2.24) is 24.5 Å². The minimum atomic E-state index is -2.38. The van der Waals surface area contributed by atoms with Gasteiger partial charge in [-0.2, -0.15) is 0 Å². The van der Waals surface area contributed by atoms with Gasteiger partial charge in [-0.25, -0.2) is 20.0 Å². The highest BCUT2D eigenvalue weighted by atomic mass is 35.5. The summed E-state index contributed by atoms with van der Waals surface area (Å²) in [5, 5.41) is 33.1. The van der Waals surface area contributed by atoms with Gasteiger partial charge in [-0.3, -0.25) is 4.57 Å². The maximum atomic E-state index is 10.5. The lowest BCUT2D eigenvalue weighted by atomic mass is 10.1. The van der Waals surface area contributed by atoms with Crippen LogP contribution in [0, 0.1) is 0 Å². The van der Waals surface area contributed by atoms with Crippen LogP contribution in [0.5, 0.6) is 0 Å². The molecule has 2 saturated heterocycles. The quantitative estimate of drug-likeness (QED) is 0.354. The van der Waals surface area contributed by atoms with E-state index in [0.717, 1.165) is 25.9 Å². The molecule has 13 heteroatoms. The number of thioether (sulfide) groups is 1. The van der Waals surface area contributed by atoms with Crippen molar-refractivity contribution >= 4 is 51.9 Å². The largest absolute Gasteiger partial charge is 0.387 e. The molecule has 10 nitrogen and oxygen atoms in total. The summed E-state index contributed by atoms with van der Waals surface area (Å²) in [7, 11) is 0. The third kappa shape index (κ3) is 4.84. The molecule has 0 aliphatic carbocycles. The van der Waals surface area contributed by atoms with Gasteiger partial charge in [0, 0.05) is 23.2 Å². The van der Waals surface area contributed by atoms with Crippen LogP contribution in [0.15, 0.2) is 47.9 Å². The highest BCUT2D eigenvalue weighted by Gasteiger charge is 2.52. The van der Waals surface area contributed by atoms with Gasteiger partial charge in [0.1, 0.15) is 24.6 Å². The summed E-state index contributed by atoms with van der Waals surface area (Å²) >= 11 is 13.3. The lowest BCUT2D eigenvalue weighted by molar-refractivity contribution is -0.0734. The summed E-state index contributed by atoms with van der Waals surface area (Å²) in [5.41, 5.74) is 4.21. The number of nitrogens with one attached hydrogen (secondary N) is 1. The van der Waals surface area contributed by atoms with Crippen LogP contribution in [0.2, 0.25) is 0 Å². The molecule has 34 heavy (non-hydrogen) atoms. The van der Waals surface area contributed by atoms with Gasteiger partial charge < -0.3 is 25.5 Å². The Morgan fingerprint density at radius 2 is 1.91 bits per heavy atom. The molecule has 2 aromatic heterocycles. The average Bonchev–Trinajstić information content (AvgIpc) is 3.36. The maximum Gasteiger partial charge on any atom is 0.244 e. The molecule has 0 bridgehead atoms. The minimum absolute atomic E-state index is 0.384. The first-order valence-electron chi connectivity index (χ1n) is 10.8. The first-order valence-corrected chi connectivity index (χ1v) is 12.5. The fourth-order valence-corrected chi connectivity index (χ4v) is 5.87. The normalized spacial score (nSPS) is 28.4. The standard InChI is InChI=1S/C21H24Cl2N6O4S/c22-21(23,32)17-15(30)16(31)20(33-17)29-11-26-14-18(24-10-25-19(14)29)27-28-8-4-7-13(9-28)34-12-5-2-1-3-6-12/h1-3,5-6,10-11,13,15-17,20,30-32H,4,7-9H2,(H,24,25,27)/t13?,15-,16+,17-,20+/m0/s1. The second-order valence-electron chi connectivity index (χ2n) is 8.32. The first kappa shape index (κ1) is 24.0. The molecule has 0 amide bonds. The number of aliphatic hydroxyl groups excluding tert-OH is 2. The van der Waals surface area contributed by atoms with E-state index in [0.29, 0.717) is 22.2 Å². The SMILES string of the molecule is O[C@@H]1[C@H](O)[C@@H](C(O)(Cl)Cl)O[C@H]1n1cnc2c(NN3CCCC(Sc4ccccc4)C3)ncnc21. The van der Waals surface area contributed by atoms with Crippen molar-refractivity contribution < 1.29 is 20.1 Å². The van der Waals surface area contributed by atoms with Crippen LogP contribution in [0.4, 0.5) is 5.82 Å². The zero-order chi connectivity index (χ0) is 23.9. The van der Waals surface area contributed by atoms with Crippen LogP contribution in [-0.4, -0.2) is 81.0 Å². The molecule has 4 N–H and O–H groups in total. The Morgan fingerprint density at radius 1 is 1.12 bits per heavy atom. The van der Waals surface area contributed by atoms with Gasteiger partial charge in [0.2, 0.25) is 4.52 Å². The number of hydrogen-bond acceptors (Lipinski definition) is 10. The Hall–Kier alpha value is -1.70. The summed E-state index contributed by atoms with van der Waals surface area (Å²) < 4.78 is 4.66. The molecule has 0 radical (unpaired) electrons. The second-order valence-corrected chi connectivity index (χ2v) is 11.0. The number of aliphatic hydroxyl groups is 3. The zero-order valence-electron chi connectivity index (χ0n) is 17.9. The van der Waals surface area contributed by atoms with Crippen molar-refractivity contribution in [3.63, 3.8) is 0 Å². The smallest absolute Gasteiger partial charge is 0.244 e. The molecule has 4 heterocycles. The predicted molar refractivity (Wildman–Crippen MR) is 128 cm³/mol. The fourth-order valence-electron chi connectivity index (χ4n) is 4.27. The van der Waals surface area contributed by atoms with Crippen molar-refractivity contribution in [2.24, 2.45) is 0 Å². The third-order valence-electron chi connectivity index (χ3n) is 5.90. The number of imidazole rings is 1. The number of hydrogen-bond donors (Lipinski definition) is 4. The number of ether oxygens (including phenoxy) is 1. The molecule has 5 atom stereocenters. The Kier molecular flexibility index (Phi) is 6.88. The van der Waals surface area contributed by atoms with Gasteiger partial charge in [0.05, 0.1) is 6.33 Å². The van der Waals surface area contributed by atoms with E-state index in [1.807, 2.05) is 30.0 Å².